The summed E-state index contributed by atoms with van der Waals surface area (Å²) in [5.74, 6) is -1.79. The second-order valence-corrected chi connectivity index (χ2v) is 4.87. The maximum Gasteiger partial charge on any atom is 0.326 e. The van der Waals surface area contributed by atoms with Crippen molar-refractivity contribution in [2.45, 2.75) is 37.8 Å². The van der Waals surface area contributed by atoms with Gasteiger partial charge in [-0.1, -0.05) is 0 Å². The summed E-state index contributed by atoms with van der Waals surface area (Å²) in [5.41, 5.74) is 15.4. The highest BCUT2D eigenvalue weighted by Gasteiger charge is 2.22. The summed E-state index contributed by atoms with van der Waals surface area (Å²) in [5, 5.41) is 16.1. The van der Waals surface area contributed by atoms with Crippen LogP contribution in [0.2, 0.25) is 0 Å². The van der Waals surface area contributed by atoms with Gasteiger partial charge in [-0.05, 0) is 25.7 Å². The van der Waals surface area contributed by atoms with Crippen LogP contribution in [0.1, 0.15) is 25.7 Å². The molecule has 0 radical (unpaired) electrons. The molecule has 0 aliphatic heterocycles. The van der Waals surface area contributed by atoms with Gasteiger partial charge in [0.05, 0.1) is 6.04 Å². The standard InChI is InChI=1S/C12H24N6O5/c13-7(3-1-5-16-11(14)22)9(19)18-8(10(20)21)4-2-6-17-12(15)23/h7-8H,1-6,13H2,(H,18,19)(H,20,21)(H3,14,16,22)(H3,15,17,23)/t7-,8-/m0/s1. The first kappa shape index (κ1) is 20.4. The summed E-state index contributed by atoms with van der Waals surface area (Å²) >= 11 is 0. The van der Waals surface area contributed by atoms with Gasteiger partial charge in [0.1, 0.15) is 6.04 Å². The Balaban J connectivity index is 4.14. The van der Waals surface area contributed by atoms with E-state index >= 15 is 0 Å². The number of rotatable bonds is 11. The molecule has 0 aromatic carbocycles. The number of urea groups is 2. The Morgan fingerprint density at radius 3 is 1.83 bits per heavy atom. The molecule has 0 aromatic rings. The molecule has 0 bridgehead atoms. The molecule has 10 N–H and O–H groups in total. The van der Waals surface area contributed by atoms with E-state index in [9.17, 15) is 19.2 Å². The molecule has 0 saturated heterocycles. The van der Waals surface area contributed by atoms with Crippen molar-refractivity contribution in [3.8, 4) is 0 Å². The number of carbonyl (C=O) groups is 4. The Morgan fingerprint density at radius 1 is 0.913 bits per heavy atom. The van der Waals surface area contributed by atoms with Gasteiger partial charge in [-0.3, -0.25) is 4.79 Å². The zero-order valence-corrected chi connectivity index (χ0v) is 12.7. The van der Waals surface area contributed by atoms with Gasteiger partial charge >= 0.3 is 18.0 Å². The Hall–Kier alpha value is -2.56. The van der Waals surface area contributed by atoms with Crippen molar-refractivity contribution in [2.24, 2.45) is 17.2 Å². The normalized spacial score (nSPS) is 12.7. The van der Waals surface area contributed by atoms with E-state index in [2.05, 4.69) is 16.0 Å². The summed E-state index contributed by atoms with van der Waals surface area (Å²) in [6.07, 6.45) is 1.15. The minimum Gasteiger partial charge on any atom is -0.480 e. The van der Waals surface area contributed by atoms with E-state index in [1.54, 1.807) is 0 Å². The van der Waals surface area contributed by atoms with Crippen LogP contribution in [0.3, 0.4) is 0 Å². The predicted molar refractivity (Wildman–Crippen MR) is 81.2 cm³/mol. The monoisotopic (exact) mass is 332 g/mol. The van der Waals surface area contributed by atoms with Crippen molar-refractivity contribution < 1.29 is 24.3 Å². The van der Waals surface area contributed by atoms with Gasteiger partial charge < -0.3 is 38.3 Å². The van der Waals surface area contributed by atoms with Crippen LogP contribution in [-0.2, 0) is 9.59 Å². The largest absolute Gasteiger partial charge is 0.480 e. The molecule has 0 fully saturated rings. The molecule has 0 rings (SSSR count). The Labute approximate surface area is 133 Å². The zero-order chi connectivity index (χ0) is 17.8. The molecule has 0 heterocycles. The minimum absolute atomic E-state index is 0.122. The molecule has 11 nitrogen and oxygen atoms in total. The minimum atomic E-state index is -1.19. The summed E-state index contributed by atoms with van der Waals surface area (Å²) in [4.78, 5) is 43.9. The second-order valence-electron chi connectivity index (χ2n) is 4.87. The van der Waals surface area contributed by atoms with Crippen LogP contribution in [0.15, 0.2) is 0 Å². The van der Waals surface area contributed by atoms with Crippen molar-refractivity contribution in [2.75, 3.05) is 13.1 Å². The number of hydrogen-bond acceptors (Lipinski definition) is 5. The highest BCUT2D eigenvalue weighted by Crippen LogP contribution is 2.00. The third-order valence-electron chi connectivity index (χ3n) is 2.91. The summed E-state index contributed by atoms with van der Waals surface area (Å²) in [6, 6.07) is -3.37. The van der Waals surface area contributed by atoms with Gasteiger partial charge in [0.25, 0.3) is 0 Å². The fraction of sp³-hybridized carbons (Fsp3) is 0.667. The number of primary amides is 2. The Kier molecular flexibility index (Phi) is 9.83. The molecule has 23 heavy (non-hydrogen) atoms. The third-order valence-corrected chi connectivity index (χ3v) is 2.91. The first-order valence-corrected chi connectivity index (χ1v) is 7.09. The van der Waals surface area contributed by atoms with E-state index in [4.69, 9.17) is 22.3 Å². The lowest BCUT2D eigenvalue weighted by atomic mass is 10.1. The highest BCUT2D eigenvalue weighted by molar-refractivity contribution is 5.86. The van der Waals surface area contributed by atoms with E-state index < -0.39 is 36.0 Å². The van der Waals surface area contributed by atoms with Crippen LogP contribution in [0.5, 0.6) is 0 Å². The number of hydrogen-bond donors (Lipinski definition) is 7. The number of aliphatic carboxylic acids is 1. The number of carboxylic acids is 1. The number of amides is 5. The summed E-state index contributed by atoms with van der Waals surface area (Å²) < 4.78 is 0. The number of nitrogens with one attached hydrogen (secondary N) is 3. The lowest BCUT2D eigenvalue weighted by Gasteiger charge is -2.18. The van der Waals surface area contributed by atoms with Crippen LogP contribution in [-0.4, -0.2) is 54.2 Å². The van der Waals surface area contributed by atoms with Gasteiger partial charge in [-0.15, -0.1) is 0 Å². The lowest BCUT2D eigenvalue weighted by Crippen LogP contribution is -2.48. The van der Waals surface area contributed by atoms with Gasteiger partial charge in [-0.25, -0.2) is 14.4 Å². The third kappa shape index (κ3) is 10.8. The van der Waals surface area contributed by atoms with E-state index in [-0.39, 0.29) is 25.9 Å². The highest BCUT2D eigenvalue weighted by atomic mass is 16.4. The molecule has 0 saturated carbocycles. The summed E-state index contributed by atoms with van der Waals surface area (Å²) in [7, 11) is 0. The van der Waals surface area contributed by atoms with Crippen LogP contribution in [0, 0.1) is 0 Å². The topological polar surface area (TPSA) is 203 Å². The first-order chi connectivity index (χ1) is 10.7. The molecule has 0 aliphatic carbocycles. The van der Waals surface area contributed by atoms with Crippen LogP contribution in [0.25, 0.3) is 0 Å². The molecular formula is C12H24N6O5. The average molecular weight is 332 g/mol. The van der Waals surface area contributed by atoms with Gasteiger partial charge in [0.2, 0.25) is 5.91 Å². The molecule has 5 amide bonds. The van der Waals surface area contributed by atoms with Crippen molar-refractivity contribution in [3.63, 3.8) is 0 Å². The molecular weight excluding hydrogens is 308 g/mol. The fourth-order valence-corrected chi connectivity index (χ4v) is 1.72. The van der Waals surface area contributed by atoms with Gasteiger partial charge in [-0.2, -0.15) is 0 Å². The maximum atomic E-state index is 11.8. The molecule has 132 valence electrons. The van der Waals surface area contributed by atoms with Crippen molar-refractivity contribution >= 4 is 23.9 Å². The fourth-order valence-electron chi connectivity index (χ4n) is 1.72. The molecule has 0 unspecified atom stereocenters. The number of nitrogens with two attached hydrogens (primary N) is 3. The van der Waals surface area contributed by atoms with Crippen molar-refractivity contribution in [1.82, 2.24) is 16.0 Å². The van der Waals surface area contributed by atoms with E-state index in [1.807, 2.05) is 0 Å². The van der Waals surface area contributed by atoms with Crippen LogP contribution in [0.4, 0.5) is 9.59 Å². The Morgan fingerprint density at radius 2 is 1.39 bits per heavy atom. The molecule has 0 aliphatic rings. The molecule has 0 spiro atoms. The van der Waals surface area contributed by atoms with Crippen LogP contribution >= 0.6 is 0 Å². The first-order valence-electron chi connectivity index (χ1n) is 7.09. The van der Waals surface area contributed by atoms with Gasteiger partial charge in [0, 0.05) is 13.1 Å². The predicted octanol–water partition coefficient (Wildman–Crippen LogP) is -2.22. The van der Waals surface area contributed by atoms with Gasteiger partial charge in [0.15, 0.2) is 0 Å². The van der Waals surface area contributed by atoms with E-state index in [0.29, 0.717) is 12.8 Å². The second kappa shape index (κ2) is 11.1. The Bertz CT molecular complexity index is 430. The van der Waals surface area contributed by atoms with Crippen LogP contribution < -0.4 is 33.2 Å². The van der Waals surface area contributed by atoms with E-state index in [1.165, 1.54) is 0 Å². The maximum absolute atomic E-state index is 11.8. The van der Waals surface area contributed by atoms with E-state index in [0.717, 1.165) is 0 Å². The average Bonchev–Trinajstić information content (AvgIpc) is 2.45. The smallest absolute Gasteiger partial charge is 0.326 e. The number of carbonyl (C=O) groups excluding carboxylic acids is 3. The zero-order valence-electron chi connectivity index (χ0n) is 12.7. The summed E-state index contributed by atoms with van der Waals surface area (Å²) in [6.45, 7) is 0.483. The molecule has 11 heteroatoms. The van der Waals surface area contributed by atoms with Crippen molar-refractivity contribution in [3.05, 3.63) is 0 Å². The lowest BCUT2D eigenvalue weighted by molar-refractivity contribution is -0.142. The number of carboxylic acid groups (broad SMARTS) is 1. The quantitative estimate of drug-likeness (QED) is 0.209. The van der Waals surface area contributed by atoms with Crippen molar-refractivity contribution in [1.29, 1.82) is 0 Å². The molecule has 0 aromatic heterocycles. The molecule has 2 atom stereocenters. The SMILES string of the molecule is NC(=O)NCCC[C@H](NC(=O)[C@@H](N)CCCNC(N)=O)C(=O)O.